The van der Waals surface area contributed by atoms with Crippen LogP contribution in [-0.2, 0) is 20.5 Å². The van der Waals surface area contributed by atoms with Gasteiger partial charge in [0.05, 0.1) is 36.0 Å². The molecule has 3 aromatic heterocycles. The third-order valence-electron chi connectivity index (χ3n) is 5.34. The maximum absolute atomic E-state index is 12.9. The van der Waals surface area contributed by atoms with Gasteiger partial charge in [-0.25, -0.2) is 18.4 Å². The number of sulfonamides is 1. The molecule has 0 fully saturated rings. The topological polar surface area (TPSA) is 154 Å². The number of ether oxygens (including phenoxy) is 2. The molecule has 0 aliphatic carbocycles. The van der Waals surface area contributed by atoms with E-state index in [1.807, 2.05) is 6.92 Å². The summed E-state index contributed by atoms with van der Waals surface area (Å²) < 4.78 is 40.7. The Bertz CT molecular complexity index is 1820. The zero-order valence-corrected chi connectivity index (χ0v) is 22.2. The van der Waals surface area contributed by atoms with Gasteiger partial charge in [0.2, 0.25) is 21.6 Å². The maximum Gasteiger partial charge on any atom is 0.239 e. The van der Waals surface area contributed by atoms with Crippen LogP contribution in [0.1, 0.15) is 18.4 Å². The Morgan fingerprint density at radius 1 is 1.21 bits per heavy atom. The molecule has 0 atom stereocenters. The fourth-order valence-corrected chi connectivity index (χ4v) is 4.93. The van der Waals surface area contributed by atoms with Crippen molar-refractivity contribution in [2.24, 2.45) is 4.99 Å². The largest absolute Gasteiger partial charge is 0.506 e. The molecule has 0 unspecified atom stereocenters. The summed E-state index contributed by atoms with van der Waals surface area (Å²) in [6.45, 7) is 2.20. The van der Waals surface area contributed by atoms with Crippen LogP contribution in [0.5, 0.6) is 11.5 Å². The van der Waals surface area contributed by atoms with E-state index in [0.717, 1.165) is 0 Å². The summed E-state index contributed by atoms with van der Waals surface area (Å²) in [7, 11) is -2.47. The number of nitrogens with one attached hydrogen (secondary N) is 1. The van der Waals surface area contributed by atoms with Crippen LogP contribution >= 0.6 is 11.6 Å². The van der Waals surface area contributed by atoms with Crippen LogP contribution in [0.25, 0.3) is 22.5 Å². The van der Waals surface area contributed by atoms with Gasteiger partial charge in [-0.1, -0.05) is 23.4 Å². The van der Waals surface area contributed by atoms with Gasteiger partial charge in [-0.3, -0.25) is 14.3 Å². The molecule has 14 heteroatoms. The van der Waals surface area contributed by atoms with E-state index in [0.29, 0.717) is 34.5 Å². The first-order valence-electron chi connectivity index (χ1n) is 11.4. The van der Waals surface area contributed by atoms with Gasteiger partial charge in [0, 0.05) is 12.3 Å². The van der Waals surface area contributed by atoms with Crippen molar-refractivity contribution >= 4 is 50.2 Å². The summed E-state index contributed by atoms with van der Waals surface area (Å²) in [6, 6.07) is 9.25. The van der Waals surface area contributed by atoms with Crippen LogP contribution in [0.15, 0.2) is 65.1 Å². The van der Waals surface area contributed by atoms with Crippen LogP contribution in [0.2, 0.25) is 5.02 Å². The number of fused-ring (bicyclic) bond motifs is 1. The Labute approximate surface area is 227 Å². The Kier molecular flexibility index (Phi) is 7.05. The van der Waals surface area contributed by atoms with Gasteiger partial charge in [0.25, 0.3) is 0 Å². The SMILES string of the molecule is CCOC1=NC(c2nc3nnc(NS(=O)(=O)Cc4ccc(Cl)cn4)cc3n2-c2c(O)cccc2OC)=C=C=C1. The third kappa shape index (κ3) is 5.47. The molecule has 4 aromatic rings. The fourth-order valence-electron chi connectivity index (χ4n) is 3.77. The summed E-state index contributed by atoms with van der Waals surface area (Å²) in [5.41, 5.74) is 6.95. The van der Waals surface area contributed by atoms with E-state index in [-0.39, 0.29) is 34.4 Å². The van der Waals surface area contributed by atoms with Gasteiger partial charge in [-0.05, 0) is 36.9 Å². The third-order valence-corrected chi connectivity index (χ3v) is 6.76. The minimum Gasteiger partial charge on any atom is -0.506 e. The predicted molar refractivity (Wildman–Crippen MR) is 144 cm³/mol. The number of para-hydroxylation sites is 1. The van der Waals surface area contributed by atoms with E-state index in [2.05, 4.69) is 41.3 Å². The number of anilines is 1. The first kappa shape index (κ1) is 26.0. The molecule has 0 spiro atoms. The van der Waals surface area contributed by atoms with Crippen molar-refractivity contribution in [3.8, 4) is 17.2 Å². The second-order valence-electron chi connectivity index (χ2n) is 8.01. The number of aromatic nitrogens is 5. The molecule has 0 saturated carbocycles. The molecule has 2 N–H and O–H groups in total. The Balaban J connectivity index is 1.65. The number of aromatic hydroxyl groups is 1. The lowest BCUT2D eigenvalue weighted by Gasteiger charge is -2.15. The molecule has 0 radical (unpaired) electrons. The highest BCUT2D eigenvalue weighted by Crippen LogP contribution is 2.37. The Hall–Kier alpha value is -4.67. The summed E-state index contributed by atoms with van der Waals surface area (Å²) in [5.74, 6) is 0.193. The molecule has 1 aromatic carbocycles. The van der Waals surface area contributed by atoms with Gasteiger partial charge < -0.3 is 14.6 Å². The predicted octanol–water partition coefficient (Wildman–Crippen LogP) is 3.62. The molecule has 39 heavy (non-hydrogen) atoms. The molecule has 1 aliphatic heterocycles. The smallest absolute Gasteiger partial charge is 0.239 e. The van der Waals surface area contributed by atoms with E-state index >= 15 is 0 Å². The molecule has 0 amide bonds. The average molecular weight is 566 g/mol. The number of aliphatic imine (C=N–C) groups is 1. The van der Waals surface area contributed by atoms with E-state index in [9.17, 15) is 13.5 Å². The van der Waals surface area contributed by atoms with E-state index in [1.54, 1.807) is 18.2 Å². The number of phenolic OH excluding ortho intramolecular Hbond substituents is 1. The van der Waals surface area contributed by atoms with Gasteiger partial charge in [0.15, 0.2) is 17.3 Å². The minimum absolute atomic E-state index is 0.0786. The van der Waals surface area contributed by atoms with Crippen molar-refractivity contribution in [2.45, 2.75) is 12.7 Å². The number of rotatable bonds is 8. The number of pyridine rings is 1. The van der Waals surface area contributed by atoms with Gasteiger partial charge in [-0.2, -0.15) is 0 Å². The molecule has 198 valence electrons. The van der Waals surface area contributed by atoms with Crippen molar-refractivity contribution in [3.05, 3.63) is 76.7 Å². The molecule has 4 heterocycles. The van der Waals surface area contributed by atoms with Crippen molar-refractivity contribution in [1.82, 2.24) is 24.7 Å². The summed E-state index contributed by atoms with van der Waals surface area (Å²) in [4.78, 5) is 13.0. The lowest BCUT2D eigenvalue weighted by molar-refractivity contribution is 0.330. The first-order chi connectivity index (χ1) is 18.8. The lowest BCUT2D eigenvalue weighted by atomic mass is 10.2. The average Bonchev–Trinajstić information content (AvgIpc) is 3.28. The van der Waals surface area contributed by atoms with Crippen molar-refractivity contribution < 1.29 is 23.0 Å². The minimum atomic E-state index is -3.93. The highest BCUT2D eigenvalue weighted by Gasteiger charge is 2.24. The number of methoxy groups -OCH3 is 1. The number of imidazole rings is 1. The van der Waals surface area contributed by atoms with Crippen LogP contribution < -0.4 is 9.46 Å². The molecular weight excluding hydrogens is 546 g/mol. The zero-order chi connectivity index (χ0) is 27.6. The highest BCUT2D eigenvalue weighted by atomic mass is 35.5. The van der Waals surface area contributed by atoms with Crippen molar-refractivity contribution in [3.63, 3.8) is 0 Å². The van der Waals surface area contributed by atoms with Gasteiger partial charge >= 0.3 is 0 Å². The summed E-state index contributed by atoms with van der Waals surface area (Å²) in [5, 5.41) is 19.3. The first-order valence-corrected chi connectivity index (χ1v) is 13.5. The molecule has 0 bridgehead atoms. The lowest BCUT2D eigenvalue weighted by Crippen LogP contribution is -2.17. The Morgan fingerprint density at radius 2 is 2.05 bits per heavy atom. The fraction of sp³-hybridized carbons (Fsp3) is 0.160. The van der Waals surface area contributed by atoms with Crippen molar-refractivity contribution in [2.75, 3.05) is 18.4 Å². The standard InChI is InChI=1S/C25H20ClN7O5S/c1-3-38-22-9-4-6-17(28-22)25-29-24-18(33(25)23-19(34)7-5-8-20(23)37-2)12-21(30-31-24)32-39(35,36)14-16-11-10-15(26)13-27-16/h5,7-13,34H,3,14H2,1-2H3,(H,30,32). The van der Waals surface area contributed by atoms with Gasteiger partial charge in [0.1, 0.15) is 22.9 Å². The second-order valence-corrected chi connectivity index (χ2v) is 10.2. The summed E-state index contributed by atoms with van der Waals surface area (Å²) in [6.07, 6.45) is 2.89. The van der Waals surface area contributed by atoms with E-state index in [1.165, 1.54) is 42.1 Å². The van der Waals surface area contributed by atoms with Crippen molar-refractivity contribution in [1.29, 1.82) is 0 Å². The molecule has 5 rings (SSSR count). The van der Waals surface area contributed by atoms with E-state index < -0.39 is 15.8 Å². The number of nitrogens with zero attached hydrogens (tertiary/aromatic N) is 6. The number of hydrogen-bond donors (Lipinski definition) is 2. The number of phenols is 1. The normalized spacial score (nSPS) is 12.8. The van der Waals surface area contributed by atoms with Gasteiger partial charge in [-0.15, -0.1) is 10.2 Å². The second kappa shape index (κ2) is 10.6. The summed E-state index contributed by atoms with van der Waals surface area (Å²) >= 11 is 5.84. The number of halogens is 1. The van der Waals surface area contributed by atoms with E-state index in [4.69, 9.17) is 21.1 Å². The quantitative estimate of drug-likeness (QED) is 0.305. The monoisotopic (exact) mass is 565 g/mol. The number of benzene rings is 1. The van der Waals surface area contributed by atoms with Crippen LogP contribution in [0.4, 0.5) is 5.82 Å². The number of hydrogen-bond acceptors (Lipinski definition) is 10. The molecular formula is C25H20ClN7O5S. The molecule has 12 nitrogen and oxygen atoms in total. The molecule has 1 aliphatic rings. The Morgan fingerprint density at radius 3 is 2.79 bits per heavy atom. The highest BCUT2D eigenvalue weighted by molar-refractivity contribution is 7.91. The molecule has 0 saturated heterocycles. The van der Waals surface area contributed by atoms with Crippen LogP contribution in [0, 0.1) is 0 Å². The zero-order valence-electron chi connectivity index (χ0n) is 20.6. The van der Waals surface area contributed by atoms with Crippen LogP contribution in [-0.4, -0.2) is 57.9 Å². The van der Waals surface area contributed by atoms with Crippen LogP contribution in [0.3, 0.4) is 0 Å². The maximum atomic E-state index is 12.9.